The van der Waals surface area contributed by atoms with E-state index in [9.17, 15) is 0 Å². The Bertz CT molecular complexity index is 561. The summed E-state index contributed by atoms with van der Waals surface area (Å²) in [6, 6.07) is 8.33. The fraction of sp³-hybridized carbons (Fsp3) is 0.357. The molecule has 3 rings (SSSR count). The van der Waals surface area contributed by atoms with Gasteiger partial charge >= 0.3 is 0 Å². The molecule has 1 aromatic carbocycles. The Kier molecular flexibility index (Phi) is 3.50. The SMILES string of the molecule is Cc1sc(C2CCOC2)nc1-c1cccc(Br)c1. The van der Waals surface area contributed by atoms with Crippen molar-refractivity contribution in [3.63, 3.8) is 0 Å². The van der Waals surface area contributed by atoms with Crippen LogP contribution in [0.25, 0.3) is 11.3 Å². The van der Waals surface area contributed by atoms with Crippen molar-refractivity contribution in [3.8, 4) is 11.3 Å². The van der Waals surface area contributed by atoms with Crippen LogP contribution in [0.4, 0.5) is 0 Å². The Morgan fingerprint density at radius 3 is 3.06 bits per heavy atom. The highest BCUT2D eigenvalue weighted by molar-refractivity contribution is 9.10. The van der Waals surface area contributed by atoms with E-state index in [1.165, 1.54) is 15.4 Å². The van der Waals surface area contributed by atoms with Crippen LogP contribution in [0.1, 0.15) is 22.2 Å². The minimum absolute atomic E-state index is 0.495. The minimum atomic E-state index is 0.495. The van der Waals surface area contributed by atoms with Gasteiger partial charge in [-0.1, -0.05) is 28.1 Å². The third kappa shape index (κ3) is 2.37. The summed E-state index contributed by atoms with van der Waals surface area (Å²) in [5.41, 5.74) is 2.30. The van der Waals surface area contributed by atoms with Crippen molar-refractivity contribution >= 4 is 27.3 Å². The average Bonchev–Trinajstić information content (AvgIpc) is 2.97. The Morgan fingerprint density at radius 1 is 1.44 bits per heavy atom. The molecule has 0 saturated carbocycles. The Balaban J connectivity index is 1.97. The summed E-state index contributed by atoms with van der Waals surface area (Å²) in [5, 5.41) is 1.22. The van der Waals surface area contributed by atoms with Crippen LogP contribution in [-0.2, 0) is 4.74 Å². The van der Waals surface area contributed by atoms with E-state index < -0.39 is 0 Å². The first-order valence-corrected chi connectivity index (χ1v) is 7.66. The van der Waals surface area contributed by atoms with Gasteiger partial charge in [0.1, 0.15) is 0 Å². The van der Waals surface area contributed by atoms with Gasteiger partial charge in [0, 0.05) is 27.4 Å². The molecule has 1 saturated heterocycles. The molecular formula is C14H14BrNOS. The van der Waals surface area contributed by atoms with Crippen molar-refractivity contribution in [2.75, 3.05) is 13.2 Å². The Morgan fingerprint density at radius 2 is 2.33 bits per heavy atom. The van der Waals surface area contributed by atoms with E-state index in [1.807, 2.05) is 6.07 Å². The number of aromatic nitrogens is 1. The number of halogens is 1. The van der Waals surface area contributed by atoms with Crippen LogP contribution in [0.2, 0.25) is 0 Å². The first-order valence-electron chi connectivity index (χ1n) is 6.05. The molecule has 18 heavy (non-hydrogen) atoms. The summed E-state index contributed by atoms with van der Waals surface area (Å²) >= 11 is 5.32. The molecule has 1 aliphatic heterocycles. The largest absolute Gasteiger partial charge is 0.381 e. The lowest BCUT2D eigenvalue weighted by Gasteiger charge is -2.01. The molecular weight excluding hydrogens is 310 g/mol. The van der Waals surface area contributed by atoms with Crippen LogP contribution in [0.3, 0.4) is 0 Å². The van der Waals surface area contributed by atoms with Gasteiger partial charge in [-0.2, -0.15) is 0 Å². The molecule has 1 unspecified atom stereocenters. The first kappa shape index (κ1) is 12.3. The van der Waals surface area contributed by atoms with Gasteiger partial charge in [-0.25, -0.2) is 4.98 Å². The number of nitrogens with zero attached hydrogens (tertiary/aromatic N) is 1. The molecule has 1 aliphatic rings. The van der Waals surface area contributed by atoms with Crippen molar-refractivity contribution in [2.24, 2.45) is 0 Å². The molecule has 0 N–H and O–H groups in total. The maximum Gasteiger partial charge on any atom is 0.0990 e. The van der Waals surface area contributed by atoms with Crippen molar-refractivity contribution in [1.29, 1.82) is 0 Å². The predicted octanol–water partition coefficient (Wildman–Crippen LogP) is 4.38. The van der Waals surface area contributed by atoms with Crippen molar-refractivity contribution in [3.05, 3.63) is 38.6 Å². The van der Waals surface area contributed by atoms with E-state index in [2.05, 4.69) is 41.1 Å². The standard InChI is InChI=1S/C14H14BrNOS/c1-9-13(10-3-2-4-12(15)7-10)16-14(18-9)11-5-6-17-8-11/h2-4,7,11H,5-6,8H2,1H3. The number of rotatable bonds is 2. The van der Waals surface area contributed by atoms with Crippen LogP contribution in [-0.4, -0.2) is 18.2 Å². The second-order valence-corrected chi connectivity index (χ2v) is 6.68. The van der Waals surface area contributed by atoms with E-state index in [4.69, 9.17) is 9.72 Å². The van der Waals surface area contributed by atoms with Crippen LogP contribution in [0.5, 0.6) is 0 Å². The van der Waals surface area contributed by atoms with Gasteiger partial charge in [-0.05, 0) is 25.5 Å². The highest BCUT2D eigenvalue weighted by Gasteiger charge is 2.22. The van der Waals surface area contributed by atoms with Crippen LogP contribution in [0, 0.1) is 6.92 Å². The number of benzene rings is 1. The number of aryl methyl sites for hydroxylation is 1. The van der Waals surface area contributed by atoms with E-state index in [0.717, 1.165) is 29.8 Å². The molecule has 0 radical (unpaired) electrons. The molecule has 0 amide bonds. The second kappa shape index (κ2) is 5.11. The lowest BCUT2D eigenvalue weighted by Crippen LogP contribution is -1.96. The van der Waals surface area contributed by atoms with Gasteiger partial charge in [0.15, 0.2) is 0 Å². The molecule has 1 aromatic heterocycles. The zero-order chi connectivity index (χ0) is 12.5. The summed E-state index contributed by atoms with van der Waals surface area (Å²) in [6.45, 7) is 3.84. The summed E-state index contributed by atoms with van der Waals surface area (Å²) in [7, 11) is 0. The number of thiazole rings is 1. The maximum atomic E-state index is 5.44. The van der Waals surface area contributed by atoms with E-state index in [-0.39, 0.29) is 0 Å². The summed E-state index contributed by atoms with van der Waals surface area (Å²) in [5.74, 6) is 0.495. The summed E-state index contributed by atoms with van der Waals surface area (Å²) in [6.07, 6.45) is 1.10. The number of hydrogen-bond acceptors (Lipinski definition) is 3. The van der Waals surface area contributed by atoms with Gasteiger partial charge in [0.25, 0.3) is 0 Å². The minimum Gasteiger partial charge on any atom is -0.381 e. The van der Waals surface area contributed by atoms with E-state index in [0.29, 0.717) is 5.92 Å². The fourth-order valence-corrected chi connectivity index (χ4v) is 3.69. The van der Waals surface area contributed by atoms with Gasteiger partial charge < -0.3 is 4.74 Å². The third-order valence-corrected chi connectivity index (χ3v) is 4.82. The predicted molar refractivity (Wildman–Crippen MR) is 78.2 cm³/mol. The maximum absolute atomic E-state index is 5.44. The summed E-state index contributed by atoms with van der Waals surface area (Å²) < 4.78 is 6.54. The van der Waals surface area contributed by atoms with Crippen molar-refractivity contribution in [1.82, 2.24) is 4.98 Å². The monoisotopic (exact) mass is 323 g/mol. The van der Waals surface area contributed by atoms with Gasteiger partial charge in [-0.15, -0.1) is 11.3 Å². The van der Waals surface area contributed by atoms with E-state index >= 15 is 0 Å². The molecule has 1 atom stereocenters. The normalized spacial score (nSPS) is 19.3. The Hall–Kier alpha value is -0.710. The highest BCUT2D eigenvalue weighted by atomic mass is 79.9. The topological polar surface area (TPSA) is 22.1 Å². The lowest BCUT2D eigenvalue weighted by molar-refractivity contribution is 0.194. The Labute approximate surface area is 119 Å². The van der Waals surface area contributed by atoms with E-state index in [1.54, 1.807) is 11.3 Å². The van der Waals surface area contributed by atoms with Gasteiger partial charge in [0.05, 0.1) is 17.3 Å². The molecule has 2 aromatic rings. The second-order valence-electron chi connectivity index (χ2n) is 4.53. The van der Waals surface area contributed by atoms with Crippen LogP contribution in [0.15, 0.2) is 28.7 Å². The number of hydrogen-bond donors (Lipinski definition) is 0. The highest BCUT2D eigenvalue weighted by Crippen LogP contribution is 2.35. The zero-order valence-electron chi connectivity index (χ0n) is 10.1. The quantitative estimate of drug-likeness (QED) is 0.818. The molecule has 2 nitrogen and oxygen atoms in total. The smallest absolute Gasteiger partial charge is 0.0990 e. The average molecular weight is 324 g/mol. The molecule has 1 fully saturated rings. The zero-order valence-corrected chi connectivity index (χ0v) is 12.6. The first-order chi connectivity index (χ1) is 8.74. The van der Waals surface area contributed by atoms with Gasteiger partial charge in [-0.3, -0.25) is 0 Å². The van der Waals surface area contributed by atoms with Crippen molar-refractivity contribution in [2.45, 2.75) is 19.3 Å². The third-order valence-electron chi connectivity index (χ3n) is 3.19. The van der Waals surface area contributed by atoms with Crippen molar-refractivity contribution < 1.29 is 4.74 Å². The van der Waals surface area contributed by atoms with Crippen LogP contribution < -0.4 is 0 Å². The number of ether oxygens (including phenoxy) is 1. The molecule has 0 aliphatic carbocycles. The molecule has 94 valence electrons. The lowest BCUT2D eigenvalue weighted by atomic mass is 10.1. The molecule has 0 spiro atoms. The van der Waals surface area contributed by atoms with Gasteiger partial charge in [0.2, 0.25) is 0 Å². The molecule has 0 bridgehead atoms. The van der Waals surface area contributed by atoms with Crippen LogP contribution >= 0.6 is 27.3 Å². The molecule has 4 heteroatoms. The summed E-state index contributed by atoms with van der Waals surface area (Å²) in [4.78, 5) is 6.11. The fourth-order valence-electron chi connectivity index (χ4n) is 2.22. The molecule has 2 heterocycles.